The molecule has 0 radical (unpaired) electrons. The van der Waals surface area contributed by atoms with Crippen LogP contribution in [0.1, 0.15) is 11.3 Å². The molecule has 2 nitrogen and oxygen atoms in total. The van der Waals surface area contributed by atoms with E-state index >= 15 is 0 Å². The van der Waals surface area contributed by atoms with Crippen LogP contribution in [0.15, 0.2) is 36.4 Å². The Balaban J connectivity index is 2.64. The van der Waals surface area contributed by atoms with Crippen molar-refractivity contribution in [3.8, 4) is 17.3 Å². The maximum atomic E-state index is 9.02. The molecule has 0 aliphatic heterocycles. The zero-order valence-corrected chi connectivity index (χ0v) is 9.49. The van der Waals surface area contributed by atoms with Gasteiger partial charge < -0.3 is 0 Å². The summed E-state index contributed by atoms with van der Waals surface area (Å²) in [5.74, 6) is 0. The SMILES string of the molecule is Cc1ccc(C#N)c(-c2cccc(Cl)c2)n1. The summed E-state index contributed by atoms with van der Waals surface area (Å²) in [5, 5.41) is 9.66. The van der Waals surface area contributed by atoms with Crippen LogP contribution in [-0.2, 0) is 0 Å². The van der Waals surface area contributed by atoms with Crippen LogP contribution >= 0.6 is 11.6 Å². The zero-order chi connectivity index (χ0) is 11.5. The van der Waals surface area contributed by atoms with Gasteiger partial charge in [-0.25, -0.2) is 0 Å². The van der Waals surface area contributed by atoms with Gasteiger partial charge in [-0.15, -0.1) is 0 Å². The van der Waals surface area contributed by atoms with Gasteiger partial charge in [-0.3, -0.25) is 4.98 Å². The highest BCUT2D eigenvalue weighted by Crippen LogP contribution is 2.24. The summed E-state index contributed by atoms with van der Waals surface area (Å²) in [6.45, 7) is 1.90. The van der Waals surface area contributed by atoms with Crippen LogP contribution in [-0.4, -0.2) is 4.98 Å². The van der Waals surface area contributed by atoms with E-state index < -0.39 is 0 Å². The summed E-state index contributed by atoms with van der Waals surface area (Å²) in [6.07, 6.45) is 0. The molecule has 0 saturated heterocycles. The van der Waals surface area contributed by atoms with E-state index in [9.17, 15) is 0 Å². The van der Waals surface area contributed by atoms with Crippen LogP contribution < -0.4 is 0 Å². The summed E-state index contributed by atoms with van der Waals surface area (Å²) in [7, 11) is 0. The molecule has 2 rings (SSSR count). The van der Waals surface area contributed by atoms with Crippen LogP contribution in [0.4, 0.5) is 0 Å². The number of nitrogens with zero attached hydrogens (tertiary/aromatic N) is 2. The summed E-state index contributed by atoms with van der Waals surface area (Å²) >= 11 is 5.92. The maximum Gasteiger partial charge on any atom is 0.101 e. The molecule has 1 heterocycles. The smallest absolute Gasteiger partial charge is 0.101 e. The van der Waals surface area contributed by atoms with Gasteiger partial charge in [-0.1, -0.05) is 23.7 Å². The normalized spacial score (nSPS) is 9.81. The predicted octanol–water partition coefficient (Wildman–Crippen LogP) is 3.58. The number of halogens is 1. The molecule has 0 amide bonds. The summed E-state index contributed by atoms with van der Waals surface area (Å²) in [6, 6.07) is 13.1. The molecule has 0 N–H and O–H groups in total. The lowest BCUT2D eigenvalue weighted by atomic mass is 10.1. The average Bonchev–Trinajstić information content (AvgIpc) is 2.29. The lowest BCUT2D eigenvalue weighted by molar-refractivity contribution is 1.19. The average molecular weight is 229 g/mol. The number of rotatable bonds is 1. The van der Waals surface area contributed by atoms with Crippen LogP contribution in [0.5, 0.6) is 0 Å². The van der Waals surface area contributed by atoms with Gasteiger partial charge in [-0.05, 0) is 31.2 Å². The largest absolute Gasteiger partial charge is 0.252 e. The Morgan fingerprint density at radius 3 is 2.75 bits per heavy atom. The first-order valence-corrected chi connectivity index (χ1v) is 5.22. The standard InChI is InChI=1S/C13H9ClN2/c1-9-5-6-11(8-15)13(16-9)10-3-2-4-12(14)7-10/h2-7H,1H3. The number of aryl methyl sites for hydroxylation is 1. The Morgan fingerprint density at radius 1 is 1.25 bits per heavy atom. The minimum atomic E-state index is 0.563. The van der Waals surface area contributed by atoms with Gasteiger partial charge in [0.05, 0.1) is 11.3 Å². The van der Waals surface area contributed by atoms with Crippen LogP contribution in [0, 0.1) is 18.3 Å². The highest BCUT2D eigenvalue weighted by Gasteiger charge is 2.07. The Bertz CT molecular complexity index is 570. The van der Waals surface area contributed by atoms with Gasteiger partial charge in [0, 0.05) is 16.3 Å². The molecule has 16 heavy (non-hydrogen) atoms. The fourth-order valence-electron chi connectivity index (χ4n) is 1.50. The van der Waals surface area contributed by atoms with Gasteiger partial charge in [-0.2, -0.15) is 5.26 Å². The molecule has 0 aliphatic carbocycles. The molecule has 3 heteroatoms. The Morgan fingerprint density at radius 2 is 2.06 bits per heavy atom. The molecule has 0 aliphatic rings. The molecule has 1 aromatic heterocycles. The van der Waals surface area contributed by atoms with E-state index in [1.54, 1.807) is 12.1 Å². The van der Waals surface area contributed by atoms with E-state index in [-0.39, 0.29) is 0 Å². The van der Waals surface area contributed by atoms with E-state index in [2.05, 4.69) is 11.1 Å². The maximum absolute atomic E-state index is 9.02. The van der Waals surface area contributed by atoms with Crippen molar-refractivity contribution in [3.63, 3.8) is 0 Å². The minimum absolute atomic E-state index is 0.563. The van der Waals surface area contributed by atoms with Gasteiger partial charge in [0.25, 0.3) is 0 Å². The minimum Gasteiger partial charge on any atom is -0.252 e. The molecule has 0 spiro atoms. The van der Waals surface area contributed by atoms with Crippen molar-refractivity contribution >= 4 is 11.6 Å². The van der Waals surface area contributed by atoms with Crippen molar-refractivity contribution in [2.45, 2.75) is 6.92 Å². The molecule has 0 unspecified atom stereocenters. The fraction of sp³-hybridized carbons (Fsp3) is 0.0769. The number of benzene rings is 1. The van der Waals surface area contributed by atoms with Gasteiger partial charge in [0.2, 0.25) is 0 Å². The first-order valence-electron chi connectivity index (χ1n) is 4.84. The van der Waals surface area contributed by atoms with Crippen molar-refractivity contribution in [2.24, 2.45) is 0 Å². The first-order chi connectivity index (χ1) is 7.70. The quantitative estimate of drug-likeness (QED) is 0.748. The second-order valence-electron chi connectivity index (χ2n) is 3.47. The second-order valence-corrected chi connectivity index (χ2v) is 3.91. The van der Waals surface area contributed by atoms with E-state index in [1.165, 1.54) is 0 Å². The number of hydrogen-bond acceptors (Lipinski definition) is 2. The monoisotopic (exact) mass is 228 g/mol. The third-order valence-corrected chi connectivity index (χ3v) is 2.49. The third-order valence-electron chi connectivity index (χ3n) is 2.25. The van der Waals surface area contributed by atoms with Crippen molar-refractivity contribution in [2.75, 3.05) is 0 Å². The predicted molar refractivity (Wildman–Crippen MR) is 64.1 cm³/mol. The Kier molecular flexibility index (Phi) is 2.89. The van der Waals surface area contributed by atoms with Crippen molar-refractivity contribution in [1.29, 1.82) is 5.26 Å². The highest BCUT2D eigenvalue weighted by atomic mass is 35.5. The van der Waals surface area contributed by atoms with Crippen LogP contribution in [0.3, 0.4) is 0 Å². The molecular formula is C13H9ClN2. The van der Waals surface area contributed by atoms with Gasteiger partial charge in [0.15, 0.2) is 0 Å². The molecule has 78 valence electrons. The third kappa shape index (κ3) is 2.05. The van der Waals surface area contributed by atoms with Crippen LogP contribution in [0.2, 0.25) is 5.02 Å². The molecule has 0 atom stereocenters. The lowest BCUT2D eigenvalue weighted by Gasteiger charge is -2.04. The number of aromatic nitrogens is 1. The van der Waals surface area contributed by atoms with Crippen molar-refractivity contribution in [1.82, 2.24) is 4.98 Å². The van der Waals surface area contributed by atoms with Gasteiger partial charge >= 0.3 is 0 Å². The zero-order valence-electron chi connectivity index (χ0n) is 8.74. The molecule has 2 aromatic rings. The van der Waals surface area contributed by atoms with Crippen molar-refractivity contribution in [3.05, 3.63) is 52.7 Å². The number of hydrogen-bond donors (Lipinski definition) is 0. The summed E-state index contributed by atoms with van der Waals surface area (Å²) in [5.41, 5.74) is 3.00. The fourth-order valence-corrected chi connectivity index (χ4v) is 1.69. The van der Waals surface area contributed by atoms with E-state index in [0.29, 0.717) is 16.3 Å². The van der Waals surface area contributed by atoms with Gasteiger partial charge in [0.1, 0.15) is 6.07 Å². The van der Waals surface area contributed by atoms with Crippen molar-refractivity contribution < 1.29 is 0 Å². The Labute approximate surface area is 99.1 Å². The van der Waals surface area contributed by atoms with E-state index in [4.69, 9.17) is 16.9 Å². The second kappa shape index (κ2) is 4.34. The molecular weight excluding hydrogens is 220 g/mol. The molecule has 0 fully saturated rings. The topological polar surface area (TPSA) is 36.7 Å². The van der Waals surface area contributed by atoms with E-state index in [1.807, 2.05) is 31.2 Å². The number of nitriles is 1. The molecule has 0 bridgehead atoms. The lowest BCUT2D eigenvalue weighted by Crippen LogP contribution is -1.91. The summed E-state index contributed by atoms with van der Waals surface area (Å²) < 4.78 is 0. The molecule has 1 aromatic carbocycles. The van der Waals surface area contributed by atoms with E-state index in [0.717, 1.165) is 11.3 Å². The first kappa shape index (κ1) is 10.7. The summed E-state index contributed by atoms with van der Waals surface area (Å²) in [4.78, 5) is 4.37. The Hall–Kier alpha value is -1.85. The molecule has 0 saturated carbocycles. The van der Waals surface area contributed by atoms with Crippen LogP contribution in [0.25, 0.3) is 11.3 Å². The highest BCUT2D eigenvalue weighted by molar-refractivity contribution is 6.30. The number of pyridine rings is 1.